The van der Waals surface area contributed by atoms with Crippen LogP contribution >= 0.6 is 0 Å². The van der Waals surface area contributed by atoms with Crippen LogP contribution in [0.25, 0.3) is 55.0 Å². The van der Waals surface area contributed by atoms with Gasteiger partial charge in [0.05, 0.1) is 27.8 Å². The van der Waals surface area contributed by atoms with E-state index in [9.17, 15) is 5.11 Å². The van der Waals surface area contributed by atoms with Gasteiger partial charge in [-0.25, -0.2) is 0 Å². The third-order valence-electron chi connectivity index (χ3n) is 6.58. The van der Waals surface area contributed by atoms with Crippen molar-refractivity contribution in [2.24, 2.45) is 0 Å². The number of phenols is 1. The molecule has 7 rings (SSSR count). The molecule has 0 bridgehead atoms. The second-order valence-electron chi connectivity index (χ2n) is 8.42. The highest BCUT2D eigenvalue weighted by atomic mass is 16.3. The van der Waals surface area contributed by atoms with Gasteiger partial charge in [0.25, 0.3) is 0 Å². The van der Waals surface area contributed by atoms with Crippen molar-refractivity contribution >= 4 is 43.6 Å². The Labute approximate surface area is 190 Å². The van der Waals surface area contributed by atoms with Crippen molar-refractivity contribution in [1.29, 1.82) is 0 Å². The number of fused-ring (bicyclic) bond motifs is 6. The van der Waals surface area contributed by atoms with Gasteiger partial charge >= 0.3 is 0 Å². The van der Waals surface area contributed by atoms with E-state index < -0.39 is 0 Å². The number of aromatic hydroxyl groups is 1. The van der Waals surface area contributed by atoms with E-state index in [0.717, 1.165) is 22.4 Å². The molecule has 0 aliphatic heterocycles. The summed E-state index contributed by atoms with van der Waals surface area (Å²) in [6.45, 7) is 0. The highest BCUT2D eigenvalue weighted by Gasteiger charge is 2.19. The van der Waals surface area contributed by atoms with Crippen molar-refractivity contribution in [1.82, 2.24) is 9.13 Å². The molecule has 7 aromatic rings. The number of benzene rings is 5. The first-order valence-corrected chi connectivity index (χ1v) is 11.1. The Hall–Kier alpha value is -4.50. The fraction of sp³-hybridized carbons (Fsp3) is 0. The van der Waals surface area contributed by atoms with Gasteiger partial charge in [0.15, 0.2) is 0 Å². The van der Waals surface area contributed by atoms with Gasteiger partial charge in [-0.3, -0.25) is 0 Å². The third-order valence-corrected chi connectivity index (χ3v) is 6.58. The van der Waals surface area contributed by atoms with E-state index in [1.54, 1.807) is 6.07 Å². The van der Waals surface area contributed by atoms with Gasteiger partial charge in [0, 0.05) is 33.3 Å². The van der Waals surface area contributed by atoms with E-state index >= 15 is 0 Å². The molecule has 0 aliphatic rings. The summed E-state index contributed by atoms with van der Waals surface area (Å²) in [7, 11) is 0. The topological polar surface area (TPSA) is 30.1 Å². The molecule has 0 atom stereocenters. The highest BCUT2D eigenvalue weighted by Crippen LogP contribution is 2.39. The monoisotopic (exact) mass is 424 g/mol. The third kappa shape index (κ3) is 2.50. The van der Waals surface area contributed by atoms with Crippen LogP contribution in [-0.4, -0.2) is 14.2 Å². The van der Waals surface area contributed by atoms with Crippen molar-refractivity contribution in [3.8, 4) is 17.1 Å². The van der Waals surface area contributed by atoms with Crippen LogP contribution in [0.3, 0.4) is 0 Å². The molecule has 0 fully saturated rings. The standard InChI is InChI=1S/C30H20N2O/c33-21-10-7-9-20(19-21)31-26-15-4-3-13-24(26)25-14-8-18-29(30(25)31)32-27-16-5-1-11-22(27)23-12-2-6-17-28(23)32/h1-19,33H. The zero-order chi connectivity index (χ0) is 21.9. The van der Waals surface area contributed by atoms with E-state index in [1.807, 2.05) is 18.2 Å². The predicted molar refractivity (Wildman–Crippen MR) is 137 cm³/mol. The second kappa shape index (κ2) is 6.75. The molecule has 3 heteroatoms. The number of hydrogen-bond acceptors (Lipinski definition) is 1. The van der Waals surface area contributed by atoms with Gasteiger partial charge < -0.3 is 14.2 Å². The summed E-state index contributed by atoms with van der Waals surface area (Å²) in [6, 6.07) is 39.7. The minimum absolute atomic E-state index is 0.257. The molecule has 33 heavy (non-hydrogen) atoms. The number of phenolic OH excluding ortho intramolecular Hbond substituents is 1. The van der Waals surface area contributed by atoms with Crippen LogP contribution in [0.15, 0.2) is 115 Å². The quantitative estimate of drug-likeness (QED) is 0.304. The molecule has 0 unspecified atom stereocenters. The molecule has 0 radical (unpaired) electrons. The molecule has 0 aliphatic carbocycles. The minimum atomic E-state index is 0.257. The molecule has 0 amide bonds. The highest BCUT2D eigenvalue weighted by molar-refractivity contribution is 6.14. The molecule has 2 aromatic heterocycles. The molecule has 0 saturated carbocycles. The summed E-state index contributed by atoms with van der Waals surface area (Å²) in [4.78, 5) is 0. The van der Waals surface area contributed by atoms with E-state index in [0.29, 0.717) is 0 Å². The van der Waals surface area contributed by atoms with Crippen molar-refractivity contribution < 1.29 is 5.11 Å². The Morgan fingerprint density at radius 2 is 0.970 bits per heavy atom. The molecule has 2 heterocycles. The first kappa shape index (κ1) is 18.1. The van der Waals surface area contributed by atoms with E-state index in [-0.39, 0.29) is 5.75 Å². The fourth-order valence-corrected chi connectivity index (χ4v) is 5.26. The van der Waals surface area contributed by atoms with Crippen LogP contribution in [0.2, 0.25) is 0 Å². The molecule has 3 nitrogen and oxygen atoms in total. The average molecular weight is 425 g/mol. The van der Waals surface area contributed by atoms with Crippen LogP contribution in [-0.2, 0) is 0 Å². The SMILES string of the molecule is Oc1cccc(-n2c3ccccc3c3cccc(-n4c5ccccc5c5ccccc54)c32)c1. The van der Waals surface area contributed by atoms with Crippen LogP contribution < -0.4 is 0 Å². The van der Waals surface area contributed by atoms with Gasteiger partial charge in [-0.2, -0.15) is 0 Å². The van der Waals surface area contributed by atoms with Gasteiger partial charge in [-0.1, -0.05) is 72.8 Å². The van der Waals surface area contributed by atoms with Crippen LogP contribution in [0.4, 0.5) is 0 Å². The van der Waals surface area contributed by atoms with E-state index in [4.69, 9.17) is 0 Å². The van der Waals surface area contributed by atoms with E-state index in [1.165, 1.54) is 32.6 Å². The lowest BCUT2D eigenvalue weighted by Gasteiger charge is -2.14. The summed E-state index contributed by atoms with van der Waals surface area (Å²) in [5.41, 5.74) is 6.65. The minimum Gasteiger partial charge on any atom is -0.508 e. The molecule has 0 saturated heterocycles. The van der Waals surface area contributed by atoms with Crippen molar-refractivity contribution in [2.45, 2.75) is 0 Å². The largest absolute Gasteiger partial charge is 0.508 e. The normalized spacial score (nSPS) is 11.8. The zero-order valence-electron chi connectivity index (χ0n) is 17.8. The number of aromatic nitrogens is 2. The Kier molecular flexibility index (Phi) is 3.70. The molecular weight excluding hydrogens is 404 g/mol. The van der Waals surface area contributed by atoms with Crippen LogP contribution in [0, 0.1) is 0 Å². The molecular formula is C30H20N2O. The maximum absolute atomic E-state index is 10.3. The van der Waals surface area contributed by atoms with Crippen LogP contribution in [0.1, 0.15) is 0 Å². The Morgan fingerprint density at radius 1 is 0.455 bits per heavy atom. The smallest absolute Gasteiger partial charge is 0.117 e. The number of para-hydroxylation sites is 4. The molecule has 1 N–H and O–H groups in total. The van der Waals surface area contributed by atoms with Gasteiger partial charge in [0.2, 0.25) is 0 Å². The maximum atomic E-state index is 10.3. The lowest BCUT2D eigenvalue weighted by Crippen LogP contribution is -2.00. The lowest BCUT2D eigenvalue weighted by molar-refractivity contribution is 0.475. The Bertz CT molecular complexity index is 1780. The van der Waals surface area contributed by atoms with Crippen molar-refractivity contribution in [2.75, 3.05) is 0 Å². The number of hydrogen-bond donors (Lipinski definition) is 1. The number of nitrogens with zero attached hydrogens (tertiary/aromatic N) is 2. The lowest BCUT2D eigenvalue weighted by atomic mass is 10.1. The Balaban J connectivity index is 1.72. The average Bonchev–Trinajstić information content (AvgIpc) is 3.37. The number of rotatable bonds is 2. The van der Waals surface area contributed by atoms with Gasteiger partial charge in [-0.15, -0.1) is 0 Å². The van der Waals surface area contributed by atoms with Crippen molar-refractivity contribution in [3.63, 3.8) is 0 Å². The molecule has 156 valence electrons. The fourth-order valence-electron chi connectivity index (χ4n) is 5.26. The summed E-state index contributed by atoms with van der Waals surface area (Å²) < 4.78 is 4.63. The Morgan fingerprint density at radius 3 is 1.61 bits per heavy atom. The summed E-state index contributed by atoms with van der Waals surface area (Å²) in [5.74, 6) is 0.257. The second-order valence-corrected chi connectivity index (χ2v) is 8.42. The van der Waals surface area contributed by atoms with E-state index in [2.05, 4.69) is 100 Å². The molecule has 0 spiro atoms. The van der Waals surface area contributed by atoms with Gasteiger partial charge in [-0.05, 0) is 36.4 Å². The summed E-state index contributed by atoms with van der Waals surface area (Å²) in [5, 5.41) is 15.1. The summed E-state index contributed by atoms with van der Waals surface area (Å²) >= 11 is 0. The molecule has 5 aromatic carbocycles. The predicted octanol–water partition coefficient (Wildman–Crippen LogP) is 7.59. The first-order chi connectivity index (χ1) is 16.3. The van der Waals surface area contributed by atoms with Crippen LogP contribution in [0.5, 0.6) is 5.75 Å². The first-order valence-electron chi connectivity index (χ1n) is 11.1. The maximum Gasteiger partial charge on any atom is 0.117 e. The van der Waals surface area contributed by atoms with Gasteiger partial charge in [0.1, 0.15) is 5.75 Å². The summed E-state index contributed by atoms with van der Waals surface area (Å²) in [6.07, 6.45) is 0. The van der Waals surface area contributed by atoms with Crippen molar-refractivity contribution in [3.05, 3.63) is 115 Å². The zero-order valence-corrected chi connectivity index (χ0v) is 17.8.